The Balaban J connectivity index is 0.000000223. The second kappa shape index (κ2) is 19.2. The molecule has 312 valence electrons. The van der Waals surface area contributed by atoms with Crippen LogP contribution in [0.4, 0.5) is 14.4 Å². The molecule has 15 heteroatoms. The van der Waals surface area contributed by atoms with Gasteiger partial charge in [0.15, 0.2) is 0 Å². The van der Waals surface area contributed by atoms with Crippen molar-refractivity contribution in [2.24, 2.45) is 0 Å². The number of benzene rings is 5. The van der Waals surface area contributed by atoms with Crippen molar-refractivity contribution in [1.29, 1.82) is 0 Å². The average molecular weight is 841 g/mol. The van der Waals surface area contributed by atoms with Gasteiger partial charge in [0, 0.05) is 0 Å². The van der Waals surface area contributed by atoms with E-state index in [2.05, 4.69) is 5.43 Å². The van der Waals surface area contributed by atoms with E-state index in [0.29, 0.717) is 22.4 Å². The summed E-state index contributed by atoms with van der Waals surface area (Å²) in [5, 5.41) is 4.71. The van der Waals surface area contributed by atoms with Gasteiger partial charge in [-0.3, -0.25) is 24.0 Å². The van der Waals surface area contributed by atoms with E-state index in [0.717, 1.165) is 42.9 Å². The first-order chi connectivity index (χ1) is 29.3. The number of nitrogens with one attached hydrogen (secondary N) is 1. The highest BCUT2D eigenvalue weighted by atomic mass is 32.2. The molecule has 0 aromatic heterocycles. The fourth-order valence-corrected chi connectivity index (χ4v) is 6.90. The van der Waals surface area contributed by atoms with Crippen LogP contribution >= 0.6 is 11.8 Å². The van der Waals surface area contributed by atoms with Gasteiger partial charge in [-0.1, -0.05) is 134 Å². The summed E-state index contributed by atoms with van der Waals surface area (Å²) in [5.41, 5.74) is 5.06. The van der Waals surface area contributed by atoms with Crippen LogP contribution < -0.4 is 5.43 Å². The summed E-state index contributed by atoms with van der Waals surface area (Å²) in [6.45, 7) is 7.08. The highest BCUT2D eigenvalue weighted by Crippen LogP contribution is 2.28. The SMILES string of the molecule is CC(C)(C)OC(=O)N(Cc1ccccc1)NC(=O)N(Cc1ccccc1)N1C(=O)c2ccccc2C1=O.CCSC(=O)N(Cc1ccccc1)N1C(=O)c2ccccc2C1=O. The molecule has 0 unspecified atom stereocenters. The second-order valence-electron chi connectivity index (χ2n) is 14.7. The maximum Gasteiger partial charge on any atom is 0.429 e. The zero-order valence-corrected chi connectivity index (χ0v) is 34.8. The predicted octanol–water partition coefficient (Wildman–Crippen LogP) is 8.33. The summed E-state index contributed by atoms with van der Waals surface area (Å²) >= 11 is 1.07. The van der Waals surface area contributed by atoms with Crippen LogP contribution in [0, 0.1) is 0 Å². The van der Waals surface area contributed by atoms with E-state index < -0.39 is 41.4 Å². The van der Waals surface area contributed by atoms with Gasteiger partial charge >= 0.3 is 17.4 Å². The molecule has 14 nitrogen and oxygen atoms in total. The molecule has 5 aromatic carbocycles. The lowest BCUT2D eigenvalue weighted by molar-refractivity contribution is -0.000656. The van der Waals surface area contributed by atoms with Crippen LogP contribution in [0.15, 0.2) is 140 Å². The Morgan fingerprint density at radius 1 is 0.541 bits per heavy atom. The number of carbonyl (C=O) groups excluding carboxylic acids is 7. The maximum atomic E-state index is 13.7. The Labute approximate surface area is 357 Å². The van der Waals surface area contributed by atoms with Gasteiger partial charge in [-0.25, -0.2) is 30.0 Å². The van der Waals surface area contributed by atoms with Gasteiger partial charge in [-0.05, 0) is 67.5 Å². The lowest BCUT2D eigenvalue weighted by atomic mass is 10.1. The molecule has 2 heterocycles. The third-order valence-corrected chi connectivity index (χ3v) is 9.87. The Morgan fingerprint density at radius 2 is 0.885 bits per heavy atom. The van der Waals surface area contributed by atoms with Crippen LogP contribution in [-0.2, 0) is 24.4 Å². The lowest BCUT2D eigenvalue weighted by Crippen LogP contribution is -2.57. The van der Waals surface area contributed by atoms with Gasteiger partial charge in [0.25, 0.3) is 23.6 Å². The van der Waals surface area contributed by atoms with E-state index in [-0.39, 0.29) is 36.0 Å². The quantitative estimate of drug-likeness (QED) is 0.114. The van der Waals surface area contributed by atoms with Crippen LogP contribution in [0.25, 0.3) is 0 Å². The third-order valence-electron chi connectivity index (χ3n) is 9.12. The number of hydrogen-bond donors (Lipinski definition) is 1. The largest absolute Gasteiger partial charge is 0.442 e. The van der Waals surface area contributed by atoms with Crippen LogP contribution in [-0.4, -0.2) is 77.4 Å². The van der Waals surface area contributed by atoms with Gasteiger partial charge in [0.2, 0.25) is 0 Å². The van der Waals surface area contributed by atoms with Gasteiger partial charge in [-0.2, -0.15) is 10.0 Å². The van der Waals surface area contributed by atoms with Crippen LogP contribution in [0.2, 0.25) is 0 Å². The number of imide groups is 2. The fourth-order valence-electron chi connectivity index (χ4n) is 6.36. The number of carbonyl (C=O) groups is 7. The Kier molecular flexibility index (Phi) is 13.6. The lowest BCUT2D eigenvalue weighted by Gasteiger charge is -2.33. The minimum atomic E-state index is -0.847. The molecule has 0 saturated carbocycles. The van der Waals surface area contributed by atoms with Crippen molar-refractivity contribution in [2.75, 3.05) is 5.75 Å². The Morgan fingerprint density at radius 3 is 1.26 bits per heavy atom. The van der Waals surface area contributed by atoms with E-state index in [1.54, 1.807) is 93.6 Å². The number of rotatable bonds is 9. The number of fused-ring (bicyclic) bond motifs is 2. The number of nitrogens with zero attached hydrogens (tertiary/aromatic N) is 5. The van der Waals surface area contributed by atoms with Crippen molar-refractivity contribution in [3.8, 4) is 0 Å². The van der Waals surface area contributed by atoms with Crippen molar-refractivity contribution in [2.45, 2.75) is 52.9 Å². The van der Waals surface area contributed by atoms with Crippen molar-refractivity contribution in [3.05, 3.63) is 178 Å². The zero-order chi connectivity index (χ0) is 43.7. The first-order valence-electron chi connectivity index (χ1n) is 19.4. The minimum Gasteiger partial charge on any atom is -0.442 e. The standard InChI is InChI=1S/C28H28N4O5.C18H16N2O3S/c1-28(2,3)37-27(36)30(18-20-12-6-4-7-13-20)29-26(35)31(19-21-14-8-5-9-15-21)32-24(33)22-16-10-11-17-23(22)25(32)34;1-2-24-18(23)19(12-13-8-4-3-5-9-13)20-16(21)14-10-6-7-11-15(14)17(20)22/h4-17H,18-19H2,1-3H3,(H,29,35);3-11H,2,12H2,1H3. The average Bonchev–Trinajstić information content (AvgIpc) is 3.66. The summed E-state index contributed by atoms with van der Waals surface area (Å²) in [7, 11) is 0. The normalized spacial score (nSPS) is 12.9. The topological polar surface area (TPSA) is 157 Å². The number of hydrogen-bond acceptors (Lipinski definition) is 9. The van der Waals surface area contributed by atoms with Gasteiger partial charge in [0.05, 0.1) is 41.9 Å². The highest BCUT2D eigenvalue weighted by Gasteiger charge is 2.43. The predicted molar refractivity (Wildman–Crippen MR) is 228 cm³/mol. The first-order valence-corrected chi connectivity index (χ1v) is 20.4. The summed E-state index contributed by atoms with van der Waals surface area (Å²) in [5.74, 6) is -1.61. The molecule has 5 aromatic rings. The Hall–Kier alpha value is -7.26. The molecule has 0 spiro atoms. The van der Waals surface area contributed by atoms with Crippen LogP contribution in [0.3, 0.4) is 0 Å². The summed E-state index contributed by atoms with van der Waals surface area (Å²) in [4.78, 5) is 91.0. The molecule has 1 N–H and O–H groups in total. The molecule has 0 atom stereocenters. The van der Waals surface area contributed by atoms with E-state index >= 15 is 0 Å². The van der Waals surface area contributed by atoms with Crippen LogP contribution in [0.1, 0.15) is 85.8 Å². The Bertz CT molecular complexity index is 2360. The molecule has 0 bridgehead atoms. The number of hydrazine groups is 3. The number of urea groups is 1. The molecule has 7 rings (SSSR count). The molecule has 2 aliphatic heterocycles. The van der Waals surface area contributed by atoms with Crippen molar-refractivity contribution >= 4 is 52.8 Å². The summed E-state index contributed by atoms with van der Waals surface area (Å²) < 4.78 is 5.50. The minimum absolute atomic E-state index is 0.00277. The molecule has 8 amide bonds. The van der Waals surface area contributed by atoms with E-state index in [4.69, 9.17) is 4.74 Å². The van der Waals surface area contributed by atoms with E-state index in [1.807, 2.05) is 61.5 Å². The van der Waals surface area contributed by atoms with Gasteiger partial charge in [-0.15, -0.1) is 0 Å². The molecule has 0 saturated heterocycles. The van der Waals surface area contributed by atoms with E-state index in [9.17, 15) is 33.6 Å². The first kappa shape index (κ1) is 43.3. The van der Waals surface area contributed by atoms with Crippen LogP contribution in [0.5, 0.6) is 0 Å². The summed E-state index contributed by atoms with van der Waals surface area (Å²) in [6, 6.07) is 39.4. The molecule has 0 aliphatic carbocycles. The number of amides is 8. The zero-order valence-electron chi connectivity index (χ0n) is 34.0. The fraction of sp³-hybridized carbons (Fsp3) is 0.196. The molecule has 0 radical (unpaired) electrons. The smallest absolute Gasteiger partial charge is 0.429 e. The number of thioether (sulfide) groups is 1. The molecule has 61 heavy (non-hydrogen) atoms. The molecule has 2 aliphatic rings. The summed E-state index contributed by atoms with van der Waals surface area (Å²) in [6.07, 6.45) is -0.785. The van der Waals surface area contributed by atoms with Gasteiger partial charge in [0.1, 0.15) is 5.60 Å². The van der Waals surface area contributed by atoms with Gasteiger partial charge < -0.3 is 4.74 Å². The number of ether oxygens (including phenoxy) is 1. The van der Waals surface area contributed by atoms with Crippen molar-refractivity contribution < 1.29 is 38.3 Å². The van der Waals surface area contributed by atoms with Crippen molar-refractivity contribution in [3.63, 3.8) is 0 Å². The molecular formula is C46H44N6O8S. The monoisotopic (exact) mass is 840 g/mol. The van der Waals surface area contributed by atoms with Crippen molar-refractivity contribution in [1.82, 2.24) is 30.5 Å². The molecular weight excluding hydrogens is 797 g/mol. The highest BCUT2D eigenvalue weighted by molar-refractivity contribution is 8.13. The second-order valence-corrected chi connectivity index (χ2v) is 15.9. The third kappa shape index (κ3) is 10.3. The molecule has 0 fully saturated rings. The maximum absolute atomic E-state index is 13.7. The van der Waals surface area contributed by atoms with E-state index in [1.165, 1.54) is 17.1 Å².